The summed E-state index contributed by atoms with van der Waals surface area (Å²) in [6.07, 6.45) is 23.2. The van der Waals surface area contributed by atoms with Crippen LogP contribution in [0.1, 0.15) is 104 Å². The molecule has 0 saturated carbocycles. The highest BCUT2D eigenvalue weighted by molar-refractivity contribution is 6.64. The van der Waals surface area contributed by atoms with E-state index in [-0.39, 0.29) is 0 Å². The Kier molecular flexibility index (Phi) is 18.6. The lowest BCUT2D eigenvalue weighted by molar-refractivity contribution is 0.190. The highest BCUT2D eigenvalue weighted by Crippen LogP contribution is 2.11. The van der Waals surface area contributed by atoms with Crippen molar-refractivity contribution in [2.75, 3.05) is 13.2 Å². The second-order valence-electron chi connectivity index (χ2n) is 7.71. The van der Waals surface area contributed by atoms with E-state index in [4.69, 9.17) is 8.85 Å². The quantitative estimate of drug-likeness (QED) is 0.131. The van der Waals surface area contributed by atoms with Crippen LogP contribution in [-0.2, 0) is 8.85 Å². The minimum Gasteiger partial charge on any atom is -0.395 e. The molecule has 0 aromatic rings. The van der Waals surface area contributed by atoms with Gasteiger partial charge in [0.1, 0.15) is 0 Å². The zero-order valence-corrected chi connectivity index (χ0v) is 18.8. The van der Waals surface area contributed by atoms with Crippen molar-refractivity contribution >= 4 is 8.56 Å². The van der Waals surface area contributed by atoms with Crippen LogP contribution in [0.5, 0.6) is 0 Å². The van der Waals surface area contributed by atoms with Gasteiger partial charge in [0.2, 0.25) is 0 Å². The third kappa shape index (κ3) is 20.0. The van der Waals surface area contributed by atoms with Gasteiger partial charge in [-0.3, -0.25) is 0 Å². The van der Waals surface area contributed by atoms with Crippen molar-refractivity contribution in [3.05, 3.63) is 12.2 Å². The molecule has 0 aromatic carbocycles. The molecule has 0 N–H and O–H groups in total. The average Bonchev–Trinajstić information content (AvgIpc) is 2.59. The van der Waals surface area contributed by atoms with Gasteiger partial charge in [0.05, 0.1) is 6.61 Å². The second-order valence-corrected chi connectivity index (χ2v) is 11.1. The fourth-order valence-corrected chi connectivity index (χ4v) is 4.11. The van der Waals surface area contributed by atoms with Gasteiger partial charge < -0.3 is 8.85 Å². The van der Waals surface area contributed by atoms with E-state index in [2.05, 4.69) is 39.1 Å². The van der Waals surface area contributed by atoms with Gasteiger partial charge in [-0.15, -0.1) is 0 Å². The standard InChI is InChI=1S/C22H46O2Si/c1-5-7-9-11-13-14-15-16-18-20-22-24-25(3,4)23-21-19-17-12-10-8-6-2/h18,20H,5-17,19,21-22H2,1-4H3/b20-18+. The molecule has 0 saturated heterocycles. The molecule has 0 radical (unpaired) electrons. The van der Waals surface area contributed by atoms with Gasteiger partial charge in [-0.1, -0.05) is 96.6 Å². The fourth-order valence-electron chi connectivity index (χ4n) is 2.90. The lowest BCUT2D eigenvalue weighted by atomic mass is 10.1. The monoisotopic (exact) mass is 370 g/mol. The van der Waals surface area contributed by atoms with Crippen molar-refractivity contribution in [3.63, 3.8) is 0 Å². The van der Waals surface area contributed by atoms with E-state index in [0.29, 0.717) is 6.61 Å². The first-order valence-corrected chi connectivity index (χ1v) is 13.9. The zero-order valence-electron chi connectivity index (χ0n) is 17.8. The van der Waals surface area contributed by atoms with Gasteiger partial charge in [0.25, 0.3) is 0 Å². The Morgan fingerprint density at radius 2 is 1.12 bits per heavy atom. The normalized spacial score (nSPS) is 12.3. The Labute approximate surface area is 160 Å². The van der Waals surface area contributed by atoms with Crippen molar-refractivity contribution in [1.82, 2.24) is 0 Å². The summed E-state index contributed by atoms with van der Waals surface area (Å²) in [5.41, 5.74) is 0. The summed E-state index contributed by atoms with van der Waals surface area (Å²) in [5.74, 6) is 0. The Balaban J connectivity index is 3.42. The molecule has 0 atom stereocenters. The Bertz CT molecular complexity index is 290. The van der Waals surface area contributed by atoms with E-state index in [1.807, 2.05) is 0 Å². The van der Waals surface area contributed by atoms with Crippen molar-refractivity contribution in [3.8, 4) is 0 Å². The van der Waals surface area contributed by atoms with Crippen molar-refractivity contribution in [2.45, 2.75) is 117 Å². The van der Waals surface area contributed by atoms with Crippen molar-refractivity contribution in [2.24, 2.45) is 0 Å². The lowest BCUT2D eigenvalue weighted by Gasteiger charge is -2.22. The molecule has 25 heavy (non-hydrogen) atoms. The van der Waals surface area contributed by atoms with E-state index in [0.717, 1.165) is 6.61 Å². The fraction of sp³-hybridized carbons (Fsp3) is 0.909. The molecule has 0 heterocycles. The predicted octanol–water partition coefficient (Wildman–Crippen LogP) is 7.78. The van der Waals surface area contributed by atoms with Gasteiger partial charge in [-0.2, -0.15) is 0 Å². The van der Waals surface area contributed by atoms with E-state index in [1.54, 1.807) is 0 Å². The maximum absolute atomic E-state index is 6.01. The van der Waals surface area contributed by atoms with E-state index >= 15 is 0 Å². The molecule has 0 aliphatic rings. The minimum atomic E-state index is -1.92. The van der Waals surface area contributed by atoms with Crippen molar-refractivity contribution in [1.29, 1.82) is 0 Å². The molecule has 0 aliphatic heterocycles. The second kappa shape index (κ2) is 18.7. The predicted molar refractivity (Wildman–Crippen MR) is 115 cm³/mol. The summed E-state index contributed by atoms with van der Waals surface area (Å²) in [6.45, 7) is 10.4. The molecule has 0 rings (SSSR count). The first kappa shape index (κ1) is 24.9. The van der Waals surface area contributed by atoms with Gasteiger partial charge in [0.15, 0.2) is 0 Å². The summed E-state index contributed by atoms with van der Waals surface area (Å²) in [6, 6.07) is 0. The maximum Gasteiger partial charge on any atom is 0.331 e. The summed E-state index contributed by atoms with van der Waals surface area (Å²) < 4.78 is 12.0. The molecular formula is C22H46O2Si. The van der Waals surface area contributed by atoms with E-state index < -0.39 is 8.56 Å². The van der Waals surface area contributed by atoms with Crippen LogP contribution in [0.25, 0.3) is 0 Å². The SMILES string of the molecule is CCCCCCCCC/C=C/CO[Si](C)(C)OCCCCCCCC. The highest BCUT2D eigenvalue weighted by Gasteiger charge is 2.23. The lowest BCUT2D eigenvalue weighted by Crippen LogP contribution is -2.35. The zero-order chi connectivity index (χ0) is 18.6. The minimum absolute atomic E-state index is 0.715. The summed E-state index contributed by atoms with van der Waals surface area (Å²) in [5, 5.41) is 0. The molecule has 0 unspecified atom stereocenters. The molecule has 3 heteroatoms. The van der Waals surface area contributed by atoms with Gasteiger partial charge in [-0.05, 0) is 32.4 Å². The summed E-state index contributed by atoms with van der Waals surface area (Å²) in [7, 11) is -1.92. The molecule has 0 aromatic heterocycles. The Morgan fingerprint density at radius 1 is 0.600 bits per heavy atom. The Hall–Kier alpha value is -0.123. The number of allylic oxidation sites excluding steroid dienone is 1. The molecule has 0 aliphatic carbocycles. The average molecular weight is 371 g/mol. The van der Waals surface area contributed by atoms with Gasteiger partial charge in [0, 0.05) is 6.61 Å². The highest BCUT2D eigenvalue weighted by atomic mass is 28.4. The largest absolute Gasteiger partial charge is 0.395 e. The van der Waals surface area contributed by atoms with Crippen LogP contribution in [-0.4, -0.2) is 21.8 Å². The van der Waals surface area contributed by atoms with Crippen LogP contribution in [0, 0.1) is 0 Å². The van der Waals surface area contributed by atoms with Gasteiger partial charge in [-0.25, -0.2) is 0 Å². The van der Waals surface area contributed by atoms with E-state index in [1.165, 1.54) is 89.9 Å². The molecule has 0 fully saturated rings. The van der Waals surface area contributed by atoms with Crippen LogP contribution in [0.15, 0.2) is 12.2 Å². The number of hydrogen-bond donors (Lipinski definition) is 0. The molecule has 0 bridgehead atoms. The summed E-state index contributed by atoms with van der Waals surface area (Å²) >= 11 is 0. The maximum atomic E-state index is 6.01. The third-order valence-corrected chi connectivity index (χ3v) is 6.38. The molecule has 0 amide bonds. The summed E-state index contributed by atoms with van der Waals surface area (Å²) in [4.78, 5) is 0. The number of unbranched alkanes of at least 4 members (excludes halogenated alkanes) is 12. The van der Waals surface area contributed by atoms with Crippen LogP contribution in [0.3, 0.4) is 0 Å². The van der Waals surface area contributed by atoms with Crippen LogP contribution < -0.4 is 0 Å². The van der Waals surface area contributed by atoms with Crippen LogP contribution in [0.4, 0.5) is 0 Å². The molecule has 2 nitrogen and oxygen atoms in total. The van der Waals surface area contributed by atoms with Crippen LogP contribution >= 0.6 is 0 Å². The Morgan fingerprint density at radius 3 is 1.72 bits per heavy atom. The molecular weight excluding hydrogens is 324 g/mol. The first-order valence-electron chi connectivity index (χ1n) is 11.0. The van der Waals surface area contributed by atoms with Crippen LogP contribution in [0.2, 0.25) is 13.1 Å². The third-order valence-electron chi connectivity index (χ3n) is 4.62. The molecule has 150 valence electrons. The number of rotatable bonds is 19. The smallest absolute Gasteiger partial charge is 0.331 e. The first-order chi connectivity index (χ1) is 12.1. The van der Waals surface area contributed by atoms with E-state index in [9.17, 15) is 0 Å². The molecule has 0 spiro atoms. The number of hydrogen-bond acceptors (Lipinski definition) is 2. The van der Waals surface area contributed by atoms with Crippen molar-refractivity contribution < 1.29 is 8.85 Å². The van der Waals surface area contributed by atoms with Gasteiger partial charge >= 0.3 is 8.56 Å². The topological polar surface area (TPSA) is 18.5 Å².